The van der Waals surface area contributed by atoms with Gasteiger partial charge in [0.1, 0.15) is 24.1 Å². The van der Waals surface area contributed by atoms with Gasteiger partial charge in [-0.1, -0.05) is 19.9 Å². The molecule has 4 aliphatic rings. The lowest BCUT2D eigenvalue weighted by Gasteiger charge is -2.37. The van der Waals surface area contributed by atoms with Crippen LogP contribution in [0.1, 0.15) is 93.0 Å². The zero-order valence-electron chi connectivity index (χ0n) is 33.3. The fourth-order valence-corrected chi connectivity index (χ4v) is 8.97. The van der Waals surface area contributed by atoms with Crippen LogP contribution in [0.4, 0.5) is 14.5 Å². The summed E-state index contributed by atoms with van der Waals surface area (Å²) in [5, 5.41) is 7.25. The minimum absolute atomic E-state index is 0.0208. The van der Waals surface area contributed by atoms with Crippen molar-refractivity contribution in [2.75, 3.05) is 44.2 Å². The Labute approximate surface area is 336 Å². The van der Waals surface area contributed by atoms with Gasteiger partial charge in [0.25, 0.3) is 12.3 Å². The molecule has 306 valence electrons. The first kappa shape index (κ1) is 39.5. The van der Waals surface area contributed by atoms with Gasteiger partial charge in [-0.2, -0.15) is 5.10 Å². The zero-order chi connectivity index (χ0) is 40.7. The number of nitrogens with two attached hydrogens (primary N) is 1. The van der Waals surface area contributed by atoms with Gasteiger partial charge in [-0.3, -0.25) is 24.6 Å². The number of carbonyl (C=O) groups excluding carboxylic acids is 3. The van der Waals surface area contributed by atoms with E-state index in [1.165, 1.54) is 6.07 Å². The Kier molecular flexibility index (Phi) is 11.0. The van der Waals surface area contributed by atoms with Gasteiger partial charge >= 0.3 is 0 Å². The summed E-state index contributed by atoms with van der Waals surface area (Å²) in [5.41, 5.74) is 11.4. The van der Waals surface area contributed by atoms with Crippen LogP contribution >= 0.6 is 0 Å². The van der Waals surface area contributed by atoms with Gasteiger partial charge in [0.15, 0.2) is 5.65 Å². The fraction of sp³-hybridized carbons (Fsp3) is 0.488. The second-order valence-electron chi connectivity index (χ2n) is 17.0. The van der Waals surface area contributed by atoms with Crippen molar-refractivity contribution in [2.24, 2.45) is 17.6 Å². The monoisotopic (exact) mass is 795 g/mol. The number of hydrogen-bond acceptors (Lipinski definition) is 10. The molecule has 2 saturated heterocycles. The van der Waals surface area contributed by atoms with Crippen LogP contribution in [0.15, 0.2) is 54.7 Å². The third kappa shape index (κ3) is 8.33. The molecule has 3 amide bonds. The van der Waals surface area contributed by atoms with Crippen molar-refractivity contribution in [3.63, 3.8) is 0 Å². The third-order valence-electron chi connectivity index (χ3n) is 11.8. The van der Waals surface area contributed by atoms with Gasteiger partial charge in [0, 0.05) is 74.7 Å². The second kappa shape index (κ2) is 16.2. The fourth-order valence-electron chi connectivity index (χ4n) is 8.97. The molecule has 0 radical (unpaired) electrons. The second-order valence-corrected chi connectivity index (χ2v) is 17.0. The Hall–Kier alpha value is -5.28. The van der Waals surface area contributed by atoms with Gasteiger partial charge in [-0.05, 0) is 98.4 Å². The Morgan fingerprint density at radius 2 is 1.81 bits per heavy atom. The van der Waals surface area contributed by atoms with Gasteiger partial charge in [0.05, 0.1) is 17.1 Å². The van der Waals surface area contributed by atoms with Crippen molar-refractivity contribution in [1.29, 1.82) is 0 Å². The zero-order valence-corrected chi connectivity index (χ0v) is 33.3. The minimum Gasteiger partial charge on any atom is -0.490 e. The van der Waals surface area contributed by atoms with Gasteiger partial charge in [-0.15, -0.1) is 0 Å². The number of rotatable bonds is 12. The first-order valence-corrected chi connectivity index (χ1v) is 20.3. The minimum atomic E-state index is -2.84. The van der Waals surface area contributed by atoms with Gasteiger partial charge < -0.3 is 20.3 Å². The molecule has 15 heteroatoms. The number of carbonyl (C=O) groups is 3. The molecule has 4 aromatic rings. The maximum absolute atomic E-state index is 14.3. The topological polar surface area (TPSA) is 151 Å². The highest BCUT2D eigenvalue weighted by molar-refractivity contribution is 6.05. The SMILES string of the molecule is CC(C)C[C@](C)(N)COc1ccc(-c2ccnc3cc(C4=CCN(CC5CCN(c6ccc7c(c6)CN(C6CCC(=O)NC6=O)C7=O)CC5)CC4)nn23)nc1C(F)F. The summed E-state index contributed by atoms with van der Waals surface area (Å²) >= 11 is 0. The first-order chi connectivity index (χ1) is 27.8. The summed E-state index contributed by atoms with van der Waals surface area (Å²) in [6.07, 6.45) is 5.27. The molecule has 58 heavy (non-hydrogen) atoms. The molecule has 1 aromatic carbocycles. The highest BCUT2D eigenvalue weighted by Gasteiger charge is 2.39. The number of pyridine rings is 1. The van der Waals surface area contributed by atoms with Crippen molar-refractivity contribution in [3.8, 4) is 17.1 Å². The van der Waals surface area contributed by atoms with Crippen LogP contribution in [0.5, 0.6) is 5.75 Å². The molecule has 0 saturated carbocycles. The number of nitrogens with one attached hydrogen (secondary N) is 1. The first-order valence-electron chi connectivity index (χ1n) is 20.3. The number of piperidine rings is 2. The van der Waals surface area contributed by atoms with Crippen LogP contribution in [-0.2, 0) is 16.1 Å². The number of fused-ring (bicyclic) bond motifs is 2. The number of benzene rings is 1. The average molecular weight is 796 g/mol. The lowest BCUT2D eigenvalue weighted by Crippen LogP contribution is -2.52. The molecular weight excluding hydrogens is 745 g/mol. The van der Waals surface area contributed by atoms with E-state index in [9.17, 15) is 23.2 Å². The number of hydrogen-bond donors (Lipinski definition) is 2. The summed E-state index contributed by atoms with van der Waals surface area (Å²) < 4.78 is 36.0. The van der Waals surface area contributed by atoms with E-state index < -0.39 is 29.6 Å². The van der Waals surface area contributed by atoms with E-state index >= 15 is 0 Å². The summed E-state index contributed by atoms with van der Waals surface area (Å²) in [5.74, 6) is 0.0841. The number of anilines is 1. The van der Waals surface area contributed by atoms with E-state index in [-0.39, 0.29) is 30.6 Å². The molecule has 13 nitrogen and oxygen atoms in total. The highest BCUT2D eigenvalue weighted by atomic mass is 19.3. The molecule has 4 aliphatic heterocycles. The molecule has 0 aliphatic carbocycles. The molecular formula is C43H51F2N9O4. The molecule has 0 bridgehead atoms. The molecule has 8 rings (SSSR count). The van der Waals surface area contributed by atoms with Gasteiger partial charge in [0.2, 0.25) is 11.8 Å². The molecule has 1 unspecified atom stereocenters. The molecule has 0 spiro atoms. The van der Waals surface area contributed by atoms with E-state index in [0.29, 0.717) is 53.8 Å². The van der Waals surface area contributed by atoms with Crippen molar-refractivity contribution < 1.29 is 27.9 Å². The largest absolute Gasteiger partial charge is 0.490 e. The molecule has 2 fully saturated rings. The number of halogens is 2. The Balaban J connectivity index is 0.869. The molecule has 3 N–H and O–H groups in total. The quantitative estimate of drug-likeness (QED) is 0.173. The average Bonchev–Trinajstić information content (AvgIpc) is 3.78. The smallest absolute Gasteiger partial charge is 0.284 e. The Bertz CT molecular complexity index is 2250. The van der Waals surface area contributed by atoms with Crippen LogP contribution in [0.3, 0.4) is 0 Å². The standard InChI is InChI=1S/C43H51F2N9O4/c1-26(2)22-43(3,46)25-58-36-8-6-32(48-39(36)40(44)45)34-10-15-47-37-21-33(50-54(34)37)28-13-16-51(17-14-28)23-27-11-18-52(19-12-27)30-4-5-31-29(20-30)24-53(42(31)57)35-7-9-38(55)49-41(35)56/h4-6,8,10,13,15,20-21,26-27,35,40H,7,9,11-12,14,16-19,22-25,46H2,1-3H3,(H,49,55,56)/t35?,43-/m0/s1. The summed E-state index contributed by atoms with van der Waals surface area (Å²) in [4.78, 5) is 52.6. The van der Waals surface area contributed by atoms with Crippen molar-refractivity contribution >= 4 is 34.6 Å². The number of ether oxygens (including phenoxy) is 1. The van der Waals surface area contributed by atoms with Crippen molar-refractivity contribution in [1.82, 2.24) is 34.7 Å². The van der Waals surface area contributed by atoms with Crippen molar-refractivity contribution in [3.05, 3.63) is 77.3 Å². The predicted molar refractivity (Wildman–Crippen MR) is 215 cm³/mol. The lowest BCUT2D eigenvalue weighted by atomic mass is 9.93. The summed E-state index contributed by atoms with van der Waals surface area (Å²) in [6.45, 7) is 11.0. The maximum Gasteiger partial charge on any atom is 0.284 e. The van der Waals surface area contributed by atoms with E-state index in [1.807, 2.05) is 25.1 Å². The van der Waals surface area contributed by atoms with Crippen LogP contribution in [0.2, 0.25) is 0 Å². The van der Waals surface area contributed by atoms with Crippen molar-refractivity contribution in [2.45, 2.75) is 83.8 Å². The molecule has 3 aromatic heterocycles. The summed E-state index contributed by atoms with van der Waals surface area (Å²) in [6, 6.07) is 12.2. The third-order valence-corrected chi connectivity index (χ3v) is 11.8. The number of imide groups is 1. The normalized spacial score (nSPS) is 20.5. The molecule has 2 atom stereocenters. The van der Waals surface area contributed by atoms with Gasteiger partial charge in [-0.25, -0.2) is 23.3 Å². The van der Waals surface area contributed by atoms with Crippen LogP contribution < -0.4 is 20.7 Å². The van der Waals surface area contributed by atoms with E-state index in [2.05, 4.69) is 51.1 Å². The van der Waals surface area contributed by atoms with E-state index in [1.54, 1.807) is 27.7 Å². The number of aromatic nitrogens is 4. The van der Waals surface area contributed by atoms with Crippen LogP contribution in [0.25, 0.3) is 22.6 Å². The number of alkyl halides is 2. The Morgan fingerprint density at radius 1 is 1.00 bits per heavy atom. The molecule has 7 heterocycles. The number of nitrogens with zero attached hydrogens (tertiary/aromatic N) is 7. The van der Waals surface area contributed by atoms with Crippen LogP contribution in [0, 0.1) is 11.8 Å². The maximum atomic E-state index is 14.3. The number of amides is 3. The lowest BCUT2D eigenvalue weighted by molar-refractivity contribution is -0.136. The highest BCUT2D eigenvalue weighted by Crippen LogP contribution is 2.34. The predicted octanol–water partition coefficient (Wildman–Crippen LogP) is 5.64. The summed E-state index contributed by atoms with van der Waals surface area (Å²) in [7, 11) is 0. The van der Waals surface area contributed by atoms with E-state index in [0.717, 1.165) is 74.5 Å². The van der Waals surface area contributed by atoms with Crippen LogP contribution in [-0.4, -0.2) is 98.0 Å². The van der Waals surface area contributed by atoms with E-state index in [4.69, 9.17) is 15.6 Å². The Morgan fingerprint density at radius 3 is 2.53 bits per heavy atom.